The van der Waals surface area contributed by atoms with Crippen molar-refractivity contribution in [3.63, 3.8) is 0 Å². The monoisotopic (exact) mass is 288 g/mol. The molecule has 0 aliphatic heterocycles. The number of aryl methyl sites for hydroxylation is 1. The average molecular weight is 288 g/mol. The largest absolute Gasteiger partial charge is 0.415 e. The number of benzene rings is 2. The molecule has 2 aromatic heterocycles. The van der Waals surface area contributed by atoms with Crippen molar-refractivity contribution in [3.8, 4) is 23.0 Å². The molecule has 4 aromatic rings. The van der Waals surface area contributed by atoms with Crippen molar-refractivity contribution in [2.75, 3.05) is 0 Å². The minimum atomic E-state index is 0.384. The van der Waals surface area contributed by atoms with Crippen molar-refractivity contribution in [1.29, 1.82) is 0 Å². The molecule has 2 aromatic carbocycles. The fourth-order valence-electron chi connectivity index (χ4n) is 2.31. The van der Waals surface area contributed by atoms with E-state index in [0.29, 0.717) is 17.5 Å². The molecule has 106 valence electrons. The molecule has 22 heavy (non-hydrogen) atoms. The highest BCUT2D eigenvalue weighted by Crippen LogP contribution is 2.25. The van der Waals surface area contributed by atoms with Crippen molar-refractivity contribution in [2.45, 2.75) is 6.92 Å². The predicted octanol–water partition coefficient (Wildman–Crippen LogP) is 3.66. The second kappa shape index (κ2) is 5.04. The second-order valence-electron chi connectivity index (χ2n) is 4.92. The predicted molar refractivity (Wildman–Crippen MR) is 83.0 cm³/mol. The number of aromatic nitrogens is 4. The van der Waals surface area contributed by atoms with E-state index >= 15 is 0 Å². The minimum absolute atomic E-state index is 0.384. The molecule has 0 aliphatic carbocycles. The molecule has 5 heteroatoms. The smallest absolute Gasteiger partial charge is 0.268 e. The van der Waals surface area contributed by atoms with Crippen LogP contribution in [-0.2, 0) is 0 Å². The standard InChI is InChI=1S/C17H12N4O/c1-11-15(19-14-10-6-5-9-13(14)18-11)17-21-20-16(22-17)12-7-3-2-4-8-12/h2-10H,1H3. The van der Waals surface area contributed by atoms with Crippen LogP contribution < -0.4 is 0 Å². The number of para-hydroxylation sites is 2. The van der Waals surface area contributed by atoms with E-state index in [2.05, 4.69) is 20.2 Å². The maximum absolute atomic E-state index is 5.76. The quantitative estimate of drug-likeness (QED) is 0.563. The highest BCUT2D eigenvalue weighted by atomic mass is 16.4. The van der Waals surface area contributed by atoms with E-state index < -0.39 is 0 Å². The topological polar surface area (TPSA) is 64.7 Å². The van der Waals surface area contributed by atoms with Gasteiger partial charge in [-0.1, -0.05) is 30.3 Å². The maximum atomic E-state index is 5.76. The van der Waals surface area contributed by atoms with Crippen LogP contribution in [0.5, 0.6) is 0 Å². The van der Waals surface area contributed by atoms with Crippen LogP contribution in [0, 0.1) is 6.92 Å². The number of fused-ring (bicyclic) bond motifs is 1. The van der Waals surface area contributed by atoms with Gasteiger partial charge in [0.15, 0.2) is 0 Å². The zero-order valence-electron chi connectivity index (χ0n) is 11.9. The molecule has 2 heterocycles. The van der Waals surface area contributed by atoms with E-state index in [1.54, 1.807) is 0 Å². The lowest BCUT2D eigenvalue weighted by Gasteiger charge is -2.02. The summed E-state index contributed by atoms with van der Waals surface area (Å²) in [6.45, 7) is 1.89. The van der Waals surface area contributed by atoms with Crippen LogP contribution >= 0.6 is 0 Å². The fraction of sp³-hybridized carbons (Fsp3) is 0.0588. The lowest BCUT2D eigenvalue weighted by atomic mass is 10.2. The van der Waals surface area contributed by atoms with Crippen LogP contribution in [0.25, 0.3) is 34.1 Å². The number of rotatable bonds is 2. The molecule has 4 rings (SSSR count). The molecule has 0 saturated carbocycles. The molecule has 5 nitrogen and oxygen atoms in total. The van der Waals surface area contributed by atoms with E-state index in [1.807, 2.05) is 61.5 Å². The van der Waals surface area contributed by atoms with Crippen LogP contribution in [0.3, 0.4) is 0 Å². The average Bonchev–Trinajstić information content (AvgIpc) is 3.05. The summed E-state index contributed by atoms with van der Waals surface area (Å²) in [5, 5.41) is 8.21. The minimum Gasteiger partial charge on any atom is -0.415 e. The van der Waals surface area contributed by atoms with Crippen molar-refractivity contribution >= 4 is 11.0 Å². The van der Waals surface area contributed by atoms with Crippen molar-refractivity contribution in [3.05, 3.63) is 60.3 Å². The van der Waals surface area contributed by atoms with E-state index in [9.17, 15) is 0 Å². The molecule has 0 amide bonds. The molecule has 0 saturated heterocycles. The molecule has 0 spiro atoms. The summed E-state index contributed by atoms with van der Waals surface area (Å²) < 4.78 is 5.76. The number of hydrogen-bond donors (Lipinski definition) is 0. The Morgan fingerprint density at radius 1 is 0.727 bits per heavy atom. The summed E-state index contributed by atoms with van der Waals surface area (Å²) >= 11 is 0. The lowest BCUT2D eigenvalue weighted by Crippen LogP contribution is -1.94. The number of hydrogen-bond acceptors (Lipinski definition) is 5. The Morgan fingerprint density at radius 3 is 2.14 bits per heavy atom. The third-order valence-corrected chi connectivity index (χ3v) is 3.39. The summed E-state index contributed by atoms with van der Waals surface area (Å²) in [5.74, 6) is 0.861. The molecular weight excluding hydrogens is 276 g/mol. The zero-order chi connectivity index (χ0) is 14.9. The molecule has 0 aliphatic rings. The summed E-state index contributed by atoms with van der Waals surface area (Å²) in [6, 6.07) is 17.4. The molecule has 0 atom stereocenters. The van der Waals surface area contributed by atoms with Gasteiger partial charge < -0.3 is 4.42 Å². The normalized spacial score (nSPS) is 11.0. The Balaban J connectivity index is 1.82. The summed E-state index contributed by atoms with van der Waals surface area (Å²) in [7, 11) is 0. The molecule has 0 N–H and O–H groups in total. The van der Waals surface area contributed by atoms with Gasteiger partial charge in [-0.3, -0.25) is 0 Å². The molecular formula is C17H12N4O. The maximum Gasteiger partial charge on any atom is 0.268 e. The van der Waals surface area contributed by atoms with Gasteiger partial charge in [0.2, 0.25) is 5.89 Å². The van der Waals surface area contributed by atoms with Crippen LogP contribution in [0.15, 0.2) is 59.0 Å². The Morgan fingerprint density at radius 2 is 1.36 bits per heavy atom. The van der Waals surface area contributed by atoms with E-state index in [0.717, 1.165) is 22.3 Å². The van der Waals surface area contributed by atoms with Gasteiger partial charge in [-0.05, 0) is 31.2 Å². The van der Waals surface area contributed by atoms with Gasteiger partial charge in [0.25, 0.3) is 5.89 Å². The third-order valence-electron chi connectivity index (χ3n) is 3.39. The first-order valence-electron chi connectivity index (χ1n) is 6.94. The van der Waals surface area contributed by atoms with Crippen molar-refractivity contribution in [2.24, 2.45) is 0 Å². The van der Waals surface area contributed by atoms with Crippen molar-refractivity contribution in [1.82, 2.24) is 20.2 Å². The number of nitrogens with zero attached hydrogens (tertiary/aromatic N) is 4. The first-order valence-corrected chi connectivity index (χ1v) is 6.94. The summed E-state index contributed by atoms with van der Waals surface area (Å²) in [6.07, 6.45) is 0. The van der Waals surface area contributed by atoms with E-state index in [1.165, 1.54) is 0 Å². The van der Waals surface area contributed by atoms with Crippen LogP contribution in [0.2, 0.25) is 0 Å². The first kappa shape index (κ1) is 12.6. The van der Waals surface area contributed by atoms with Gasteiger partial charge in [-0.2, -0.15) is 0 Å². The lowest BCUT2D eigenvalue weighted by molar-refractivity contribution is 0.581. The Labute approximate surface area is 126 Å². The van der Waals surface area contributed by atoms with Gasteiger partial charge in [-0.25, -0.2) is 9.97 Å². The second-order valence-corrected chi connectivity index (χ2v) is 4.92. The fourth-order valence-corrected chi connectivity index (χ4v) is 2.31. The molecule has 0 bridgehead atoms. The van der Waals surface area contributed by atoms with Gasteiger partial charge in [0, 0.05) is 5.56 Å². The Hall–Kier alpha value is -3.08. The summed E-state index contributed by atoms with van der Waals surface area (Å²) in [4.78, 5) is 9.14. The molecule has 0 radical (unpaired) electrons. The highest BCUT2D eigenvalue weighted by molar-refractivity contribution is 5.76. The van der Waals surface area contributed by atoms with Gasteiger partial charge in [0.1, 0.15) is 5.69 Å². The van der Waals surface area contributed by atoms with Gasteiger partial charge in [-0.15, -0.1) is 10.2 Å². The SMILES string of the molecule is Cc1nc2ccccc2nc1-c1nnc(-c2ccccc2)o1. The van der Waals surface area contributed by atoms with Gasteiger partial charge in [0.05, 0.1) is 16.7 Å². The highest BCUT2D eigenvalue weighted by Gasteiger charge is 2.15. The van der Waals surface area contributed by atoms with Crippen molar-refractivity contribution < 1.29 is 4.42 Å². The third kappa shape index (κ3) is 2.13. The molecule has 0 fully saturated rings. The van der Waals surface area contributed by atoms with Crippen LogP contribution in [0.4, 0.5) is 0 Å². The summed E-state index contributed by atoms with van der Waals surface area (Å²) in [5.41, 5.74) is 3.93. The Kier molecular flexibility index (Phi) is 2.89. The Bertz CT molecular complexity index is 947. The van der Waals surface area contributed by atoms with E-state index in [4.69, 9.17) is 4.42 Å². The van der Waals surface area contributed by atoms with Crippen LogP contribution in [-0.4, -0.2) is 20.2 Å². The molecule has 0 unspecified atom stereocenters. The van der Waals surface area contributed by atoms with Crippen LogP contribution in [0.1, 0.15) is 5.69 Å². The van der Waals surface area contributed by atoms with E-state index in [-0.39, 0.29) is 0 Å². The first-order chi connectivity index (χ1) is 10.8. The van der Waals surface area contributed by atoms with Gasteiger partial charge >= 0.3 is 0 Å². The zero-order valence-corrected chi connectivity index (χ0v) is 11.9.